The number of quaternary nitrogens is 1. The lowest BCUT2D eigenvalue weighted by atomic mass is 10.1. The topological polar surface area (TPSA) is 33.5 Å². The molecule has 5 heteroatoms. The van der Waals surface area contributed by atoms with E-state index in [2.05, 4.69) is 16.8 Å². The normalized spacial score (nSPS) is 20.1. The summed E-state index contributed by atoms with van der Waals surface area (Å²) in [6.07, 6.45) is 8.25. The van der Waals surface area contributed by atoms with Crippen LogP contribution in [0.2, 0.25) is 0 Å². The fourth-order valence-electron chi connectivity index (χ4n) is 3.88. The maximum Gasteiger partial charge on any atom is 0.141 e. The van der Waals surface area contributed by atoms with Gasteiger partial charge in [-0.05, 0) is 38.2 Å². The van der Waals surface area contributed by atoms with Gasteiger partial charge in [-0.25, -0.2) is 9.97 Å². The van der Waals surface area contributed by atoms with E-state index in [0.717, 1.165) is 13.1 Å². The highest BCUT2D eigenvalue weighted by molar-refractivity contribution is 7.18. The molecule has 22 heavy (non-hydrogen) atoms. The van der Waals surface area contributed by atoms with Gasteiger partial charge in [-0.3, -0.25) is 0 Å². The van der Waals surface area contributed by atoms with E-state index in [4.69, 9.17) is 4.98 Å². The Morgan fingerprint density at radius 2 is 1.95 bits per heavy atom. The minimum absolute atomic E-state index is 1.12. The number of likely N-dealkylation sites (N-methyl/N-ethyl adjacent to an activating group) is 1. The molecule has 2 aromatic heterocycles. The minimum atomic E-state index is 1.12. The number of nitrogens with one attached hydrogen (secondary N) is 1. The number of hydrogen-bond acceptors (Lipinski definition) is 4. The molecule has 0 unspecified atom stereocenters. The number of aryl methyl sites for hydroxylation is 2. The van der Waals surface area contributed by atoms with E-state index >= 15 is 0 Å². The van der Waals surface area contributed by atoms with Crippen LogP contribution >= 0.6 is 11.3 Å². The number of anilines is 1. The molecule has 0 spiro atoms. The van der Waals surface area contributed by atoms with Crippen LogP contribution in [-0.2, 0) is 12.8 Å². The van der Waals surface area contributed by atoms with Crippen molar-refractivity contribution in [3.8, 4) is 0 Å². The Balaban J connectivity index is 1.73. The molecular weight excluding hydrogens is 292 g/mol. The van der Waals surface area contributed by atoms with Gasteiger partial charge in [-0.1, -0.05) is 6.42 Å². The van der Waals surface area contributed by atoms with Crippen molar-refractivity contribution in [1.82, 2.24) is 9.97 Å². The van der Waals surface area contributed by atoms with Crippen molar-refractivity contribution in [2.24, 2.45) is 0 Å². The smallest absolute Gasteiger partial charge is 0.141 e. The zero-order valence-electron chi connectivity index (χ0n) is 13.4. The van der Waals surface area contributed by atoms with Gasteiger partial charge in [0.2, 0.25) is 0 Å². The molecule has 1 N–H and O–H groups in total. The molecule has 4 nitrogen and oxygen atoms in total. The molecule has 1 aliphatic heterocycles. The SMILES string of the molecule is CC[NH+]1CCN(c2ncnc3sc4c(c23)CCCCC4)CC1. The van der Waals surface area contributed by atoms with Gasteiger partial charge < -0.3 is 9.80 Å². The number of nitrogens with zero attached hydrogens (tertiary/aromatic N) is 3. The first kappa shape index (κ1) is 14.4. The van der Waals surface area contributed by atoms with E-state index in [1.165, 1.54) is 67.8 Å². The van der Waals surface area contributed by atoms with Crippen LogP contribution in [0.5, 0.6) is 0 Å². The van der Waals surface area contributed by atoms with E-state index in [0.29, 0.717) is 0 Å². The van der Waals surface area contributed by atoms with Gasteiger partial charge in [-0.2, -0.15) is 0 Å². The quantitative estimate of drug-likeness (QED) is 0.856. The Kier molecular flexibility index (Phi) is 4.01. The van der Waals surface area contributed by atoms with Gasteiger partial charge in [0.15, 0.2) is 0 Å². The van der Waals surface area contributed by atoms with Crippen molar-refractivity contribution in [3.05, 3.63) is 16.8 Å². The molecule has 0 bridgehead atoms. The summed E-state index contributed by atoms with van der Waals surface area (Å²) >= 11 is 1.91. The predicted octanol–water partition coefficient (Wildman–Crippen LogP) is 1.69. The standard InChI is InChI=1S/C17H24N4S/c1-2-20-8-10-21(11-9-20)16-15-13-6-4-3-5-7-14(13)22-17(15)19-12-18-16/h12H,2-11H2,1H3/p+1. The van der Waals surface area contributed by atoms with Crippen molar-refractivity contribution < 1.29 is 4.90 Å². The van der Waals surface area contributed by atoms with Gasteiger partial charge in [0.1, 0.15) is 17.0 Å². The predicted molar refractivity (Wildman–Crippen MR) is 92.1 cm³/mol. The first-order valence-electron chi connectivity index (χ1n) is 8.70. The van der Waals surface area contributed by atoms with Crippen LogP contribution < -0.4 is 9.80 Å². The molecule has 0 aromatic carbocycles. The number of hydrogen-bond donors (Lipinski definition) is 1. The lowest BCUT2D eigenvalue weighted by Crippen LogP contribution is -3.14. The van der Waals surface area contributed by atoms with Crippen molar-refractivity contribution >= 4 is 27.4 Å². The Hall–Kier alpha value is -1.20. The van der Waals surface area contributed by atoms with Crippen LogP contribution in [0, 0.1) is 0 Å². The summed E-state index contributed by atoms with van der Waals surface area (Å²) in [5.41, 5.74) is 1.57. The van der Waals surface area contributed by atoms with Crippen molar-refractivity contribution in [1.29, 1.82) is 0 Å². The molecule has 2 aliphatic rings. The molecule has 3 heterocycles. The summed E-state index contributed by atoms with van der Waals surface area (Å²) < 4.78 is 0. The Bertz CT molecular complexity index is 658. The molecule has 4 rings (SSSR count). The maximum atomic E-state index is 4.70. The highest BCUT2D eigenvalue weighted by Crippen LogP contribution is 2.38. The zero-order valence-corrected chi connectivity index (χ0v) is 14.2. The molecule has 0 saturated carbocycles. The van der Waals surface area contributed by atoms with Crippen LogP contribution in [0.1, 0.15) is 36.6 Å². The molecule has 1 aliphatic carbocycles. The lowest BCUT2D eigenvalue weighted by molar-refractivity contribution is -0.898. The Morgan fingerprint density at radius 1 is 1.14 bits per heavy atom. The third kappa shape index (κ3) is 2.50. The average Bonchev–Trinajstić information content (AvgIpc) is 2.76. The van der Waals surface area contributed by atoms with E-state index < -0.39 is 0 Å². The Labute approximate surface area is 136 Å². The highest BCUT2D eigenvalue weighted by atomic mass is 32.1. The number of rotatable bonds is 2. The van der Waals surface area contributed by atoms with Crippen LogP contribution in [0.3, 0.4) is 0 Å². The Morgan fingerprint density at radius 3 is 2.77 bits per heavy atom. The summed E-state index contributed by atoms with van der Waals surface area (Å²) in [4.78, 5) is 16.3. The van der Waals surface area contributed by atoms with Crippen molar-refractivity contribution in [3.63, 3.8) is 0 Å². The first-order valence-corrected chi connectivity index (χ1v) is 9.52. The molecule has 0 amide bonds. The van der Waals surface area contributed by atoms with Crippen molar-refractivity contribution in [2.75, 3.05) is 37.6 Å². The average molecular weight is 317 g/mol. The van der Waals surface area contributed by atoms with Crippen molar-refractivity contribution in [2.45, 2.75) is 39.0 Å². The van der Waals surface area contributed by atoms with E-state index in [9.17, 15) is 0 Å². The van der Waals surface area contributed by atoms with Gasteiger partial charge in [0, 0.05) is 4.88 Å². The van der Waals surface area contributed by atoms with Crippen LogP contribution in [0.25, 0.3) is 10.2 Å². The lowest BCUT2D eigenvalue weighted by Gasteiger charge is -2.32. The third-order valence-corrected chi connectivity index (χ3v) is 6.45. The van der Waals surface area contributed by atoms with Gasteiger partial charge >= 0.3 is 0 Å². The zero-order chi connectivity index (χ0) is 14.9. The number of fused-ring (bicyclic) bond motifs is 3. The number of thiophene rings is 1. The summed E-state index contributed by atoms with van der Waals surface area (Å²) in [6, 6.07) is 0. The summed E-state index contributed by atoms with van der Waals surface area (Å²) in [5, 5.41) is 1.38. The molecular formula is C17H25N4S+. The van der Waals surface area contributed by atoms with Gasteiger partial charge in [-0.15, -0.1) is 11.3 Å². The second-order valence-corrected chi connectivity index (χ2v) is 7.62. The maximum absolute atomic E-state index is 4.70. The molecule has 2 aromatic rings. The molecule has 1 saturated heterocycles. The van der Waals surface area contributed by atoms with Crippen LogP contribution in [0.15, 0.2) is 6.33 Å². The molecule has 0 atom stereocenters. The van der Waals surface area contributed by atoms with E-state index in [-0.39, 0.29) is 0 Å². The number of piperazine rings is 1. The van der Waals surface area contributed by atoms with Crippen LogP contribution in [0.4, 0.5) is 5.82 Å². The molecule has 0 radical (unpaired) electrons. The molecule has 1 fully saturated rings. The number of aromatic nitrogens is 2. The summed E-state index contributed by atoms with van der Waals surface area (Å²) in [5.74, 6) is 1.21. The first-order chi connectivity index (χ1) is 10.9. The third-order valence-electron chi connectivity index (χ3n) is 5.25. The summed E-state index contributed by atoms with van der Waals surface area (Å²) in [7, 11) is 0. The fraction of sp³-hybridized carbons (Fsp3) is 0.647. The van der Waals surface area contributed by atoms with Gasteiger partial charge in [0.25, 0.3) is 0 Å². The largest absolute Gasteiger partial charge is 0.345 e. The van der Waals surface area contributed by atoms with E-state index in [1.54, 1.807) is 21.7 Å². The monoisotopic (exact) mass is 317 g/mol. The van der Waals surface area contributed by atoms with Crippen LogP contribution in [-0.4, -0.2) is 42.7 Å². The fourth-order valence-corrected chi connectivity index (χ4v) is 5.10. The second kappa shape index (κ2) is 6.13. The van der Waals surface area contributed by atoms with E-state index in [1.807, 2.05) is 11.3 Å². The highest BCUT2D eigenvalue weighted by Gasteiger charge is 2.25. The minimum Gasteiger partial charge on any atom is -0.345 e. The van der Waals surface area contributed by atoms with Gasteiger partial charge in [0.05, 0.1) is 38.1 Å². The molecule has 118 valence electrons. The second-order valence-electron chi connectivity index (χ2n) is 6.53. The summed E-state index contributed by atoms with van der Waals surface area (Å²) in [6.45, 7) is 8.23.